The third-order valence-corrected chi connectivity index (χ3v) is 7.28. The number of hydrogen-bond acceptors (Lipinski definition) is 5. The van der Waals surface area contributed by atoms with E-state index in [9.17, 15) is 4.79 Å². The highest BCUT2D eigenvalue weighted by Gasteiger charge is 2.33. The Morgan fingerprint density at radius 1 is 0.897 bits per heavy atom. The van der Waals surface area contributed by atoms with Crippen molar-refractivity contribution in [3.8, 4) is 0 Å². The van der Waals surface area contributed by atoms with Crippen LogP contribution in [0.2, 0.25) is 0 Å². The van der Waals surface area contributed by atoms with Crippen LogP contribution in [-0.4, -0.2) is 36.6 Å². The van der Waals surface area contributed by atoms with Crippen LogP contribution in [0.4, 0.5) is 0 Å². The Morgan fingerprint density at radius 3 is 2.21 bits per heavy atom. The molecule has 0 unspecified atom stereocenters. The van der Waals surface area contributed by atoms with Crippen LogP contribution in [0.3, 0.4) is 0 Å². The van der Waals surface area contributed by atoms with E-state index in [1.165, 1.54) is 11.1 Å². The lowest BCUT2D eigenvalue weighted by molar-refractivity contribution is 0.195. The second-order valence-electron chi connectivity index (χ2n) is 11.3. The molecule has 2 heterocycles. The van der Waals surface area contributed by atoms with E-state index in [2.05, 4.69) is 102 Å². The van der Waals surface area contributed by atoms with Gasteiger partial charge in [0.15, 0.2) is 5.82 Å². The molecule has 39 heavy (non-hydrogen) atoms. The first-order valence-electron chi connectivity index (χ1n) is 13.5. The molecule has 0 aliphatic carbocycles. The van der Waals surface area contributed by atoms with Crippen molar-refractivity contribution in [3.05, 3.63) is 123 Å². The second-order valence-corrected chi connectivity index (χ2v) is 11.3. The number of fused-ring (bicyclic) bond motifs is 1. The summed E-state index contributed by atoms with van der Waals surface area (Å²) in [6, 6.07) is 26.5. The Hall–Kier alpha value is -4.10. The minimum absolute atomic E-state index is 0.128. The van der Waals surface area contributed by atoms with Crippen LogP contribution in [0, 0.1) is 13.8 Å². The Labute approximate surface area is 229 Å². The maximum absolute atomic E-state index is 13.8. The number of nitrogens with zero attached hydrogens (tertiary/aromatic N) is 5. The number of benzene rings is 3. The molecule has 0 saturated heterocycles. The highest BCUT2D eigenvalue weighted by Crippen LogP contribution is 2.31. The number of H-pyrrole nitrogens is 1. The van der Waals surface area contributed by atoms with Gasteiger partial charge in [-0.15, -0.1) is 5.10 Å². The van der Waals surface area contributed by atoms with E-state index in [0.717, 1.165) is 28.5 Å². The van der Waals surface area contributed by atoms with E-state index >= 15 is 0 Å². The fraction of sp³-hybridized carbons (Fsp3) is 0.312. The molecule has 0 fully saturated rings. The van der Waals surface area contributed by atoms with Crippen LogP contribution in [0.25, 0.3) is 10.9 Å². The van der Waals surface area contributed by atoms with Gasteiger partial charge in [0.25, 0.3) is 5.56 Å². The van der Waals surface area contributed by atoms with Crippen LogP contribution in [0.5, 0.6) is 0 Å². The number of hydrogen-bond donors (Lipinski definition) is 1. The third-order valence-electron chi connectivity index (χ3n) is 7.28. The smallest absolute Gasteiger partial charge is 0.253 e. The van der Waals surface area contributed by atoms with Crippen molar-refractivity contribution in [1.29, 1.82) is 0 Å². The molecule has 2 aromatic heterocycles. The normalized spacial score (nSPS) is 12.8. The summed E-state index contributed by atoms with van der Waals surface area (Å²) in [5.74, 6) is 0.653. The minimum atomic E-state index is -0.460. The molecule has 0 aliphatic heterocycles. The number of aromatic nitrogens is 5. The van der Waals surface area contributed by atoms with Crippen molar-refractivity contribution >= 4 is 10.9 Å². The Bertz CT molecular complexity index is 1620. The van der Waals surface area contributed by atoms with Crippen molar-refractivity contribution < 1.29 is 0 Å². The zero-order valence-electron chi connectivity index (χ0n) is 23.3. The summed E-state index contributed by atoms with van der Waals surface area (Å²) in [5.41, 5.74) is 5.70. The van der Waals surface area contributed by atoms with E-state index in [1.54, 1.807) is 0 Å². The molecule has 7 heteroatoms. The summed E-state index contributed by atoms with van der Waals surface area (Å²) in [5, 5.41) is 14.0. The van der Waals surface area contributed by atoms with E-state index in [4.69, 9.17) is 0 Å². The predicted octanol–water partition coefficient (Wildman–Crippen LogP) is 5.72. The summed E-state index contributed by atoms with van der Waals surface area (Å²) in [6.45, 7) is 11.7. The summed E-state index contributed by atoms with van der Waals surface area (Å²) in [6.07, 6.45) is 0.824. The standard InChI is InChI=1S/C32H36N6O/c1-22-18-26-20-27(31(39)33-28(26)19-23(22)2)29(30-34-35-36-38(30)32(3,4)5)37(21-25-14-10-7-11-15-25)17-16-24-12-8-6-9-13-24/h6-15,18-20,29H,16-17,21H2,1-5H3,(H,33,39)/t29-/m1/s1. The quantitative estimate of drug-likeness (QED) is 0.283. The van der Waals surface area contributed by atoms with Crippen LogP contribution < -0.4 is 5.56 Å². The molecule has 0 spiro atoms. The highest BCUT2D eigenvalue weighted by atomic mass is 16.1. The second kappa shape index (κ2) is 10.9. The molecule has 200 valence electrons. The van der Waals surface area contributed by atoms with Crippen molar-refractivity contribution in [1.82, 2.24) is 30.1 Å². The molecule has 5 rings (SSSR count). The molecular formula is C32H36N6O. The SMILES string of the molecule is Cc1cc2cc([C@H](c3nnnn3C(C)(C)C)N(CCc3ccccc3)Cc3ccccc3)c(=O)[nH]c2cc1C. The predicted molar refractivity (Wildman–Crippen MR) is 156 cm³/mol. The molecule has 7 nitrogen and oxygen atoms in total. The molecule has 0 amide bonds. The average Bonchev–Trinajstić information content (AvgIpc) is 3.40. The summed E-state index contributed by atoms with van der Waals surface area (Å²) in [7, 11) is 0. The van der Waals surface area contributed by atoms with Gasteiger partial charge in [-0.05, 0) is 97.3 Å². The molecule has 0 aliphatic rings. The van der Waals surface area contributed by atoms with E-state index in [-0.39, 0.29) is 11.1 Å². The lowest BCUT2D eigenvalue weighted by atomic mass is 9.99. The zero-order chi connectivity index (χ0) is 27.6. The molecular weight excluding hydrogens is 484 g/mol. The highest BCUT2D eigenvalue weighted by molar-refractivity contribution is 5.81. The van der Waals surface area contributed by atoms with Crippen LogP contribution in [0.15, 0.2) is 83.7 Å². The lowest BCUT2D eigenvalue weighted by Crippen LogP contribution is -2.38. The van der Waals surface area contributed by atoms with Gasteiger partial charge in [-0.1, -0.05) is 60.7 Å². The molecule has 5 aromatic rings. The van der Waals surface area contributed by atoms with E-state index in [1.807, 2.05) is 41.1 Å². The molecule has 0 saturated carbocycles. The maximum atomic E-state index is 13.8. The zero-order valence-corrected chi connectivity index (χ0v) is 23.3. The Morgan fingerprint density at radius 2 is 1.54 bits per heavy atom. The van der Waals surface area contributed by atoms with Gasteiger partial charge >= 0.3 is 0 Å². The van der Waals surface area contributed by atoms with Gasteiger partial charge < -0.3 is 4.98 Å². The van der Waals surface area contributed by atoms with Crippen molar-refractivity contribution in [3.63, 3.8) is 0 Å². The molecule has 3 aromatic carbocycles. The Kier molecular flexibility index (Phi) is 7.44. The number of tetrazole rings is 1. The van der Waals surface area contributed by atoms with E-state index < -0.39 is 6.04 Å². The summed E-state index contributed by atoms with van der Waals surface area (Å²) < 4.78 is 1.85. The van der Waals surface area contributed by atoms with E-state index in [0.29, 0.717) is 24.5 Å². The molecule has 1 atom stereocenters. The van der Waals surface area contributed by atoms with Crippen LogP contribution in [0.1, 0.15) is 60.5 Å². The molecule has 0 bridgehead atoms. The average molecular weight is 521 g/mol. The topological polar surface area (TPSA) is 79.7 Å². The van der Waals surface area contributed by atoms with Gasteiger partial charge in [0.1, 0.15) is 6.04 Å². The first-order valence-corrected chi connectivity index (χ1v) is 13.5. The van der Waals surface area contributed by atoms with Gasteiger partial charge in [0.2, 0.25) is 0 Å². The van der Waals surface area contributed by atoms with Gasteiger partial charge in [-0.2, -0.15) is 0 Å². The van der Waals surface area contributed by atoms with Gasteiger partial charge in [-0.25, -0.2) is 4.68 Å². The number of pyridine rings is 1. The number of rotatable bonds is 8. The fourth-order valence-corrected chi connectivity index (χ4v) is 5.07. The summed E-state index contributed by atoms with van der Waals surface area (Å²) >= 11 is 0. The van der Waals surface area contributed by atoms with Crippen LogP contribution >= 0.6 is 0 Å². The first-order chi connectivity index (χ1) is 18.7. The van der Waals surface area contributed by atoms with Gasteiger partial charge in [-0.3, -0.25) is 9.69 Å². The van der Waals surface area contributed by atoms with Gasteiger partial charge in [0, 0.05) is 24.2 Å². The Balaban J connectivity index is 1.69. The third kappa shape index (κ3) is 5.83. The lowest BCUT2D eigenvalue weighted by Gasteiger charge is -2.33. The molecule has 0 radical (unpaired) electrons. The monoisotopic (exact) mass is 520 g/mol. The first kappa shape index (κ1) is 26.5. The van der Waals surface area contributed by atoms with Crippen molar-refractivity contribution in [2.24, 2.45) is 0 Å². The fourth-order valence-electron chi connectivity index (χ4n) is 5.07. The maximum Gasteiger partial charge on any atom is 0.253 e. The van der Waals surface area contributed by atoms with Crippen molar-refractivity contribution in [2.75, 3.05) is 6.54 Å². The number of aryl methyl sites for hydroxylation is 2. The van der Waals surface area contributed by atoms with Crippen molar-refractivity contribution in [2.45, 2.75) is 59.2 Å². The largest absolute Gasteiger partial charge is 0.322 e. The van der Waals surface area contributed by atoms with Gasteiger partial charge in [0.05, 0.1) is 5.54 Å². The molecule has 1 N–H and O–H groups in total. The van der Waals surface area contributed by atoms with Crippen LogP contribution in [-0.2, 0) is 18.5 Å². The summed E-state index contributed by atoms with van der Waals surface area (Å²) in [4.78, 5) is 19.3. The number of aromatic amines is 1. The minimum Gasteiger partial charge on any atom is -0.322 e. The number of nitrogens with one attached hydrogen (secondary N) is 1.